The van der Waals surface area contributed by atoms with E-state index in [1.165, 1.54) is 30.0 Å². The van der Waals surface area contributed by atoms with Gasteiger partial charge in [-0.15, -0.1) is 10.2 Å². The standard InChI is InChI=1S/C21H19ClFN5O4S/c1-2-28-18(9-24-20(30)12-3-6-16-17(7-12)32-11-31-16)26-27-21(28)33-10-19(29)25-13-4-5-15(23)14(22)8-13/h3-8H,2,9-11H2,1H3,(H,24,30)(H,25,29). The molecule has 12 heteroatoms. The number of rotatable bonds is 8. The lowest BCUT2D eigenvalue weighted by atomic mass is 10.2. The van der Waals surface area contributed by atoms with Gasteiger partial charge in [0.1, 0.15) is 5.82 Å². The first-order chi connectivity index (χ1) is 15.9. The Morgan fingerprint density at radius 2 is 2.00 bits per heavy atom. The Hall–Kier alpha value is -3.31. The molecule has 2 heterocycles. The Morgan fingerprint density at radius 3 is 2.79 bits per heavy atom. The Morgan fingerprint density at radius 1 is 1.18 bits per heavy atom. The van der Waals surface area contributed by atoms with Gasteiger partial charge in [-0.3, -0.25) is 9.59 Å². The van der Waals surface area contributed by atoms with Crippen LogP contribution in [0.5, 0.6) is 11.5 Å². The third-order valence-electron chi connectivity index (χ3n) is 4.69. The third-order valence-corrected chi connectivity index (χ3v) is 5.94. The first kappa shape index (κ1) is 22.9. The number of hydrogen-bond acceptors (Lipinski definition) is 7. The smallest absolute Gasteiger partial charge is 0.251 e. The predicted molar refractivity (Wildman–Crippen MR) is 120 cm³/mol. The number of benzene rings is 2. The van der Waals surface area contributed by atoms with Gasteiger partial charge in [-0.05, 0) is 43.3 Å². The SMILES string of the molecule is CCn1c(CNC(=O)c2ccc3c(c2)OCO3)nnc1SCC(=O)Nc1ccc(F)c(Cl)c1. The summed E-state index contributed by atoms with van der Waals surface area (Å²) in [6.07, 6.45) is 0. The largest absolute Gasteiger partial charge is 0.454 e. The number of nitrogens with one attached hydrogen (secondary N) is 2. The van der Waals surface area contributed by atoms with E-state index in [0.717, 1.165) is 0 Å². The van der Waals surface area contributed by atoms with Crippen LogP contribution < -0.4 is 20.1 Å². The maximum atomic E-state index is 13.2. The van der Waals surface area contributed by atoms with Gasteiger partial charge < -0.3 is 24.7 Å². The molecular formula is C21H19ClFN5O4S. The molecule has 0 spiro atoms. The molecule has 1 aliphatic rings. The summed E-state index contributed by atoms with van der Waals surface area (Å²) in [5, 5.41) is 14.2. The quantitative estimate of drug-likeness (QED) is 0.464. The summed E-state index contributed by atoms with van der Waals surface area (Å²) in [7, 11) is 0. The molecule has 2 N–H and O–H groups in total. The van der Waals surface area contributed by atoms with Gasteiger partial charge in [0.25, 0.3) is 5.91 Å². The van der Waals surface area contributed by atoms with Crippen LogP contribution >= 0.6 is 23.4 Å². The molecule has 0 fully saturated rings. The third kappa shape index (κ3) is 5.37. The fourth-order valence-corrected chi connectivity index (χ4v) is 4.08. The second kappa shape index (κ2) is 10.1. The highest BCUT2D eigenvalue weighted by molar-refractivity contribution is 7.99. The lowest BCUT2D eigenvalue weighted by Crippen LogP contribution is -2.24. The van der Waals surface area contributed by atoms with Crippen molar-refractivity contribution < 1.29 is 23.5 Å². The van der Waals surface area contributed by atoms with E-state index in [-0.39, 0.29) is 35.9 Å². The number of carbonyl (C=O) groups is 2. The number of fused-ring (bicyclic) bond motifs is 1. The van der Waals surface area contributed by atoms with Gasteiger partial charge in [0, 0.05) is 17.8 Å². The van der Waals surface area contributed by atoms with Crippen molar-refractivity contribution in [3.63, 3.8) is 0 Å². The number of amides is 2. The molecule has 2 aromatic carbocycles. The Bertz CT molecular complexity index is 1210. The minimum absolute atomic E-state index is 0.0662. The molecule has 1 aliphatic heterocycles. The van der Waals surface area contributed by atoms with Crippen molar-refractivity contribution in [1.29, 1.82) is 0 Å². The van der Waals surface area contributed by atoms with Crippen molar-refractivity contribution in [1.82, 2.24) is 20.1 Å². The van der Waals surface area contributed by atoms with Gasteiger partial charge in [0.2, 0.25) is 12.7 Å². The zero-order valence-electron chi connectivity index (χ0n) is 17.4. The van der Waals surface area contributed by atoms with E-state index in [9.17, 15) is 14.0 Å². The molecule has 0 unspecified atom stereocenters. The van der Waals surface area contributed by atoms with Crippen molar-refractivity contribution in [2.75, 3.05) is 17.9 Å². The minimum Gasteiger partial charge on any atom is -0.454 e. The number of halogens is 2. The van der Waals surface area contributed by atoms with Gasteiger partial charge in [0.15, 0.2) is 22.5 Å². The fraction of sp³-hybridized carbons (Fsp3) is 0.238. The van der Waals surface area contributed by atoms with E-state index in [1.807, 2.05) is 11.5 Å². The molecule has 0 atom stereocenters. The molecule has 0 radical (unpaired) electrons. The molecular weight excluding hydrogens is 473 g/mol. The van der Waals surface area contributed by atoms with Crippen LogP contribution in [0.25, 0.3) is 0 Å². The predicted octanol–water partition coefficient (Wildman–Crippen LogP) is 3.48. The molecule has 1 aromatic heterocycles. The second-order valence-electron chi connectivity index (χ2n) is 6.86. The number of aromatic nitrogens is 3. The molecule has 172 valence electrons. The van der Waals surface area contributed by atoms with E-state index in [2.05, 4.69) is 20.8 Å². The normalized spacial score (nSPS) is 12.0. The summed E-state index contributed by atoms with van der Waals surface area (Å²) in [5.74, 6) is 0.607. The molecule has 0 bridgehead atoms. The van der Waals surface area contributed by atoms with Crippen LogP contribution in [-0.4, -0.2) is 39.1 Å². The summed E-state index contributed by atoms with van der Waals surface area (Å²) >= 11 is 6.93. The Balaban J connectivity index is 1.33. The maximum absolute atomic E-state index is 13.2. The van der Waals surface area contributed by atoms with Gasteiger partial charge in [-0.1, -0.05) is 23.4 Å². The molecule has 3 aromatic rings. The monoisotopic (exact) mass is 491 g/mol. The highest BCUT2D eigenvalue weighted by Gasteiger charge is 2.18. The van der Waals surface area contributed by atoms with Crippen molar-refractivity contribution in [2.24, 2.45) is 0 Å². The zero-order chi connectivity index (χ0) is 23.4. The number of anilines is 1. The fourth-order valence-electron chi connectivity index (χ4n) is 3.07. The minimum atomic E-state index is -0.557. The average Bonchev–Trinajstić information content (AvgIpc) is 3.44. The van der Waals surface area contributed by atoms with Gasteiger partial charge in [-0.2, -0.15) is 0 Å². The van der Waals surface area contributed by atoms with E-state index < -0.39 is 5.82 Å². The van der Waals surface area contributed by atoms with Crippen LogP contribution in [0.15, 0.2) is 41.6 Å². The average molecular weight is 492 g/mol. The van der Waals surface area contributed by atoms with Crippen LogP contribution in [0.4, 0.5) is 10.1 Å². The maximum Gasteiger partial charge on any atom is 0.251 e. The van der Waals surface area contributed by atoms with Crippen molar-refractivity contribution >= 4 is 40.9 Å². The molecule has 9 nitrogen and oxygen atoms in total. The van der Waals surface area contributed by atoms with Gasteiger partial charge in [0.05, 0.1) is 17.3 Å². The van der Waals surface area contributed by atoms with E-state index in [0.29, 0.717) is 40.3 Å². The van der Waals surface area contributed by atoms with Crippen LogP contribution in [0, 0.1) is 5.82 Å². The van der Waals surface area contributed by atoms with Crippen molar-refractivity contribution in [3.05, 3.63) is 58.6 Å². The lowest BCUT2D eigenvalue weighted by Gasteiger charge is -2.09. The van der Waals surface area contributed by atoms with Crippen LogP contribution in [-0.2, 0) is 17.9 Å². The first-order valence-corrected chi connectivity index (χ1v) is 11.3. The highest BCUT2D eigenvalue weighted by atomic mass is 35.5. The van der Waals surface area contributed by atoms with Crippen LogP contribution in [0.1, 0.15) is 23.1 Å². The summed E-state index contributed by atoms with van der Waals surface area (Å²) in [6.45, 7) is 2.77. The molecule has 0 saturated carbocycles. The first-order valence-electron chi connectivity index (χ1n) is 9.92. The topological polar surface area (TPSA) is 107 Å². The highest BCUT2D eigenvalue weighted by Crippen LogP contribution is 2.32. The van der Waals surface area contributed by atoms with Gasteiger partial charge in [-0.25, -0.2) is 4.39 Å². The number of thioether (sulfide) groups is 1. The number of ether oxygens (including phenoxy) is 2. The van der Waals surface area contributed by atoms with Gasteiger partial charge >= 0.3 is 0 Å². The van der Waals surface area contributed by atoms with Crippen LogP contribution in [0.3, 0.4) is 0 Å². The van der Waals surface area contributed by atoms with Crippen molar-refractivity contribution in [2.45, 2.75) is 25.2 Å². The van der Waals surface area contributed by atoms with E-state index in [1.54, 1.807) is 18.2 Å². The number of nitrogens with zero attached hydrogens (tertiary/aromatic N) is 3. The molecule has 4 rings (SSSR count). The van der Waals surface area contributed by atoms with E-state index >= 15 is 0 Å². The second-order valence-corrected chi connectivity index (χ2v) is 8.21. The zero-order valence-corrected chi connectivity index (χ0v) is 19.0. The molecule has 0 aliphatic carbocycles. The molecule has 0 saturated heterocycles. The Kier molecular flexibility index (Phi) is 6.99. The molecule has 33 heavy (non-hydrogen) atoms. The number of carbonyl (C=O) groups excluding carboxylic acids is 2. The number of hydrogen-bond donors (Lipinski definition) is 2. The summed E-state index contributed by atoms with van der Waals surface area (Å²) < 4.78 is 25.6. The van der Waals surface area contributed by atoms with Crippen molar-refractivity contribution in [3.8, 4) is 11.5 Å². The molecule has 2 amide bonds. The van der Waals surface area contributed by atoms with Crippen LogP contribution in [0.2, 0.25) is 5.02 Å². The summed E-state index contributed by atoms with van der Waals surface area (Å²) in [6, 6.07) is 8.92. The summed E-state index contributed by atoms with van der Waals surface area (Å²) in [4.78, 5) is 24.7. The Labute approximate surface area is 197 Å². The summed E-state index contributed by atoms with van der Waals surface area (Å²) in [5.41, 5.74) is 0.838. The van der Waals surface area contributed by atoms with E-state index in [4.69, 9.17) is 21.1 Å². The lowest BCUT2D eigenvalue weighted by molar-refractivity contribution is -0.113.